The summed E-state index contributed by atoms with van der Waals surface area (Å²) in [5.74, 6) is -0.130. The van der Waals surface area contributed by atoms with Gasteiger partial charge in [0, 0.05) is 4.47 Å². The van der Waals surface area contributed by atoms with Gasteiger partial charge in [0.05, 0.1) is 11.7 Å². The van der Waals surface area contributed by atoms with Crippen LogP contribution in [-0.2, 0) is 0 Å². The molecule has 4 nitrogen and oxygen atoms in total. The number of aryl methyl sites for hydroxylation is 1. The van der Waals surface area contributed by atoms with Gasteiger partial charge in [-0.1, -0.05) is 32.6 Å². The van der Waals surface area contributed by atoms with Crippen molar-refractivity contribution in [2.45, 2.75) is 19.9 Å². The highest BCUT2D eigenvalue weighted by atomic mass is 79.9. The van der Waals surface area contributed by atoms with Crippen molar-refractivity contribution >= 4 is 33.4 Å². The van der Waals surface area contributed by atoms with Crippen LogP contribution in [-0.4, -0.2) is 15.5 Å². The molecule has 1 unspecified atom stereocenters. The molecule has 0 bridgehead atoms. The molecule has 1 aromatic heterocycles. The highest BCUT2D eigenvalue weighted by Gasteiger charge is 2.16. The molecular weight excluding hydrogens is 314 g/mol. The number of nitrogens with zero attached hydrogens (tertiary/aromatic N) is 2. The minimum absolute atomic E-state index is 0.0588. The third-order valence-electron chi connectivity index (χ3n) is 2.55. The average molecular weight is 326 g/mol. The Bertz CT molecular complexity index is 570. The van der Waals surface area contributed by atoms with Gasteiger partial charge in [-0.25, -0.2) is 0 Å². The van der Waals surface area contributed by atoms with Crippen LogP contribution in [0.5, 0.6) is 0 Å². The first-order valence-electron chi connectivity index (χ1n) is 5.43. The fraction of sp³-hybridized carbons (Fsp3) is 0.250. The van der Waals surface area contributed by atoms with E-state index in [0.717, 1.165) is 21.6 Å². The predicted octanol–water partition coefficient (Wildman–Crippen LogP) is 3.10. The van der Waals surface area contributed by atoms with E-state index in [0.29, 0.717) is 10.6 Å². The number of halogens is 1. The number of rotatable bonds is 3. The summed E-state index contributed by atoms with van der Waals surface area (Å²) in [6.45, 7) is 3.73. The van der Waals surface area contributed by atoms with Gasteiger partial charge in [-0.2, -0.15) is 0 Å². The van der Waals surface area contributed by atoms with Crippen LogP contribution in [0.15, 0.2) is 28.7 Å². The van der Waals surface area contributed by atoms with Crippen molar-refractivity contribution < 1.29 is 4.79 Å². The van der Waals surface area contributed by atoms with Crippen molar-refractivity contribution in [1.82, 2.24) is 14.9 Å². The Morgan fingerprint density at radius 2 is 2.28 bits per heavy atom. The minimum Gasteiger partial charge on any atom is -0.345 e. The summed E-state index contributed by atoms with van der Waals surface area (Å²) in [4.78, 5) is 12.6. The third kappa shape index (κ3) is 2.94. The van der Waals surface area contributed by atoms with Crippen LogP contribution in [0, 0.1) is 6.92 Å². The molecule has 2 rings (SSSR count). The molecule has 0 saturated carbocycles. The number of hydrogen-bond donors (Lipinski definition) is 1. The van der Waals surface area contributed by atoms with E-state index in [9.17, 15) is 4.79 Å². The van der Waals surface area contributed by atoms with E-state index in [2.05, 4.69) is 30.8 Å². The maximum Gasteiger partial charge on any atom is 0.265 e. The lowest BCUT2D eigenvalue weighted by Gasteiger charge is -2.13. The predicted molar refractivity (Wildman–Crippen MR) is 74.7 cm³/mol. The topological polar surface area (TPSA) is 54.9 Å². The van der Waals surface area contributed by atoms with Crippen LogP contribution in [0.2, 0.25) is 0 Å². The highest BCUT2D eigenvalue weighted by Crippen LogP contribution is 2.19. The van der Waals surface area contributed by atoms with Gasteiger partial charge in [0.2, 0.25) is 0 Å². The lowest BCUT2D eigenvalue weighted by atomic mass is 10.1. The molecule has 18 heavy (non-hydrogen) atoms. The summed E-state index contributed by atoms with van der Waals surface area (Å²) in [6, 6.07) is 7.81. The van der Waals surface area contributed by atoms with Crippen molar-refractivity contribution in [3.63, 3.8) is 0 Å². The molecule has 1 heterocycles. The van der Waals surface area contributed by atoms with Crippen LogP contribution in [0.3, 0.4) is 0 Å². The molecule has 0 spiro atoms. The Kier molecular flexibility index (Phi) is 4.08. The van der Waals surface area contributed by atoms with Crippen LogP contribution in [0.25, 0.3) is 0 Å². The molecule has 1 N–H and O–H groups in total. The maximum absolute atomic E-state index is 12.0. The number of benzene rings is 1. The van der Waals surface area contributed by atoms with Crippen LogP contribution < -0.4 is 5.32 Å². The average Bonchev–Trinajstić information content (AvgIpc) is 2.75. The van der Waals surface area contributed by atoms with Gasteiger partial charge in [0.15, 0.2) is 0 Å². The third-order valence-corrected chi connectivity index (χ3v) is 3.87. The van der Waals surface area contributed by atoms with E-state index in [1.165, 1.54) is 0 Å². The first kappa shape index (κ1) is 13.2. The second-order valence-corrected chi connectivity index (χ2v) is 5.61. The van der Waals surface area contributed by atoms with Gasteiger partial charge < -0.3 is 5.32 Å². The number of hydrogen-bond acceptors (Lipinski definition) is 4. The normalized spacial score (nSPS) is 12.2. The van der Waals surface area contributed by atoms with Crippen molar-refractivity contribution in [3.8, 4) is 0 Å². The SMILES string of the molecule is Cc1nnsc1C(=O)NC(C)c1cccc(Br)c1. The Labute approximate surface area is 118 Å². The number of nitrogens with one attached hydrogen (secondary N) is 1. The monoisotopic (exact) mass is 325 g/mol. The van der Waals surface area contributed by atoms with Crippen molar-refractivity contribution in [2.75, 3.05) is 0 Å². The Hall–Kier alpha value is -1.27. The molecule has 94 valence electrons. The van der Waals surface area contributed by atoms with E-state index in [1.807, 2.05) is 31.2 Å². The quantitative estimate of drug-likeness (QED) is 0.943. The summed E-state index contributed by atoms with van der Waals surface area (Å²) >= 11 is 4.53. The van der Waals surface area contributed by atoms with Crippen LogP contribution in [0.4, 0.5) is 0 Å². The second-order valence-electron chi connectivity index (χ2n) is 3.94. The Morgan fingerprint density at radius 3 is 2.89 bits per heavy atom. The first-order chi connectivity index (χ1) is 8.58. The lowest BCUT2D eigenvalue weighted by molar-refractivity contribution is 0.0943. The van der Waals surface area contributed by atoms with Gasteiger partial charge in [-0.3, -0.25) is 4.79 Å². The fourth-order valence-electron chi connectivity index (χ4n) is 1.56. The van der Waals surface area contributed by atoms with Gasteiger partial charge in [0.25, 0.3) is 5.91 Å². The van der Waals surface area contributed by atoms with Crippen molar-refractivity contribution in [3.05, 3.63) is 44.9 Å². The largest absolute Gasteiger partial charge is 0.345 e. The second kappa shape index (κ2) is 5.58. The molecule has 1 aromatic carbocycles. The van der Waals surface area contributed by atoms with Gasteiger partial charge >= 0.3 is 0 Å². The lowest BCUT2D eigenvalue weighted by Crippen LogP contribution is -2.26. The molecule has 1 atom stereocenters. The molecule has 0 aliphatic heterocycles. The van der Waals surface area contributed by atoms with E-state index in [1.54, 1.807) is 6.92 Å². The Morgan fingerprint density at radius 1 is 1.50 bits per heavy atom. The summed E-state index contributed by atoms with van der Waals surface area (Å²) in [5, 5.41) is 6.77. The molecular formula is C12H12BrN3OS. The van der Waals surface area contributed by atoms with Gasteiger partial charge in [-0.15, -0.1) is 5.10 Å². The molecule has 0 saturated heterocycles. The molecule has 0 aliphatic carbocycles. The summed E-state index contributed by atoms with van der Waals surface area (Å²) in [7, 11) is 0. The molecule has 6 heteroatoms. The molecule has 1 amide bonds. The van der Waals surface area contributed by atoms with E-state index < -0.39 is 0 Å². The van der Waals surface area contributed by atoms with Crippen molar-refractivity contribution in [2.24, 2.45) is 0 Å². The fourth-order valence-corrected chi connectivity index (χ4v) is 2.54. The smallest absolute Gasteiger partial charge is 0.265 e. The van der Waals surface area contributed by atoms with E-state index in [4.69, 9.17) is 0 Å². The summed E-state index contributed by atoms with van der Waals surface area (Å²) < 4.78 is 4.76. The van der Waals surface area contributed by atoms with Crippen LogP contribution >= 0.6 is 27.5 Å². The molecule has 0 radical (unpaired) electrons. The van der Waals surface area contributed by atoms with Crippen molar-refractivity contribution in [1.29, 1.82) is 0 Å². The Balaban J connectivity index is 2.10. The van der Waals surface area contributed by atoms with Gasteiger partial charge in [0.1, 0.15) is 4.88 Å². The zero-order chi connectivity index (χ0) is 13.1. The summed E-state index contributed by atoms with van der Waals surface area (Å²) in [6.07, 6.45) is 0. The van der Waals surface area contributed by atoms with Crippen LogP contribution in [0.1, 0.15) is 33.9 Å². The highest BCUT2D eigenvalue weighted by molar-refractivity contribution is 9.10. The number of carbonyl (C=O) groups excluding carboxylic acids is 1. The number of carbonyl (C=O) groups is 1. The van der Waals surface area contributed by atoms with Gasteiger partial charge in [-0.05, 0) is 43.1 Å². The number of aromatic nitrogens is 2. The van der Waals surface area contributed by atoms with E-state index in [-0.39, 0.29) is 11.9 Å². The maximum atomic E-state index is 12.0. The molecule has 0 aliphatic rings. The van der Waals surface area contributed by atoms with E-state index >= 15 is 0 Å². The summed E-state index contributed by atoms with van der Waals surface area (Å²) in [5.41, 5.74) is 1.71. The zero-order valence-corrected chi connectivity index (χ0v) is 12.4. The minimum atomic E-state index is -0.130. The zero-order valence-electron chi connectivity index (χ0n) is 9.98. The molecule has 2 aromatic rings. The first-order valence-corrected chi connectivity index (χ1v) is 7.00. The number of amides is 1. The molecule has 0 fully saturated rings. The standard InChI is InChI=1S/C12H12BrN3OS/c1-7(9-4-3-5-10(13)6-9)14-12(17)11-8(2)15-16-18-11/h3-7H,1-2H3,(H,14,17).